The predicted molar refractivity (Wildman–Crippen MR) is 119 cm³/mol. The van der Waals surface area contributed by atoms with E-state index in [1.807, 2.05) is 36.4 Å². The highest BCUT2D eigenvalue weighted by Gasteiger charge is 2.32. The first-order valence-electron chi connectivity index (χ1n) is 10.0. The fraction of sp³-hybridized carbons (Fsp3) is 0.227. The van der Waals surface area contributed by atoms with Crippen LogP contribution in [0.25, 0.3) is 10.9 Å². The van der Waals surface area contributed by atoms with E-state index < -0.39 is 10.0 Å². The fourth-order valence-electron chi connectivity index (χ4n) is 4.02. The standard InChI is InChI=1S/C22H22N6O2S/c1-15-21(14-27(2)26-15)31(29,30)28-10-8-19-17(13-28)7-9-23-22(19)25-18-11-16-5-3-4-6-20(16)24-12-18/h3-7,9,11-12,14H,8,10,13H2,1-2H3,(H,23,25). The topological polar surface area (TPSA) is 93.0 Å². The maximum atomic E-state index is 13.2. The summed E-state index contributed by atoms with van der Waals surface area (Å²) >= 11 is 0. The van der Waals surface area contributed by atoms with Crippen molar-refractivity contribution in [1.29, 1.82) is 0 Å². The van der Waals surface area contributed by atoms with Crippen molar-refractivity contribution in [2.45, 2.75) is 24.8 Å². The molecule has 9 heteroatoms. The molecule has 4 heterocycles. The summed E-state index contributed by atoms with van der Waals surface area (Å²) in [5.74, 6) is 0.740. The summed E-state index contributed by atoms with van der Waals surface area (Å²) in [4.78, 5) is 9.26. The molecule has 1 aliphatic heterocycles. The van der Waals surface area contributed by atoms with E-state index in [-0.39, 0.29) is 4.90 Å². The first-order chi connectivity index (χ1) is 14.9. The van der Waals surface area contributed by atoms with Crippen LogP contribution in [0.4, 0.5) is 11.5 Å². The summed E-state index contributed by atoms with van der Waals surface area (Å²) in [5.41, 5.74) is 4.27. The number of para-hydroxylation sites is 1. The second kappa shape index (κ2) is 7.44. The normalized spacial score (nSPS) is 14.5. The van der Waals surface area contributed by atoms with Crippen LogP contribution in [0.15, 0.2) is 59.9 Å². The molecular weight excluding hydrogens is 412 g/mol. The van der Waals surface area contributed by atoms with Gasteiger partial charge >= 0.3 is 0 Å². The molecule has 4 aromatic rings. The Morgan fingerprint density at radius 1 is 1.13 bits per heavy atom. The summed E-state index contributed by atoms with van der Waals surface area (Å²) < 4.78 is 29.4. The number of nitrogens with one attached hydrogen (secondary N) is 1. The van der Waals surface area contributed by atoms with Crippen LogP contribution in [0.2, 0.25) is 0 Å². The summed E-state index contributed by atoms with van der Waals surface area (Å²) in [6.07, 6.45) is 5.63. The maximum Gasteiger partial charge on any atom is 0.246 e. The maximum absolute atomic E-state index is 13.2. The van der Waals surface area contributed by atoms with Gasteiger partial charge < -0.3 is 5.32 Å². The Labute approximate surface area is 180 Å². The molecule has 0 spiro atoms. The van der Waals surface area contributed by atoms with Gasteiger partial charge in [0.2, 0.25) is 10.0 Å². The van der Waals surface area contributed by atoms with Crippen LogP contribution in [0, 0.1) is 6.92 Å². The zero-order valence-corrected chi connectivity index (χ0v) is 18.1. The Bertz CT molecular complexity index is 1400. The number of sulfonamides is 1. The minimum atomic E-state index is -3.61. The van der Waals surface area contributed by atoms with Crippen molar-refractivity contribution in [3.8, 4) is 0 Å². The van der Waals surface area contributed by atoms with E-state index in [1.54, 1.807) is 32.6 Å². The molecule has 0 aliphatic carbocycles. The van der Waals surface area contributed by atoms with Crippen molar-refractivity contribution in [2.75, 3.05) is 11.9 Å². The molecule has 0 bridgehead atoms. The van der Waals surface area contributed by atoms with Crippen LogP contribution in [0.3, 0.4) is 0 Å². The zero-order chi connectivity index (χ0) is 21.6. The van der Waals surface area contributed by atoms with E-state index in [1.165, 1.54) is 8.99 Å². The molecule has 0 radical (unpaired) electrons. The van der Waals surface area contributed by atoms with E-state index in [2.05, 4.69) is 20.4 Å². The van der Waals surface area contributed by atoms with Crippen molar-refractivity contribution in [3.63, 3.8) is 0 Å². The van der Waals surface area contributed by atoms with Crippen molar-refractivity contribution in [3.05, 3.63) is 71.8 Å². The van der Waals surface area contributed by atoms with Crippen molar-refractivity contribution < 1.29 is 8.42 Å². The third kappa shape index (κ3) is 3.55. The van der Waals surface area contributed by atoms with Gasteiger partial charge in [0.05, 0.1) is 23.1 Å². The number of hydrogen-bond donors (Lipinski definition) is 1. The lowest BCUT2D eigenvalue weighted by molar-refractivity contribution is 0.391. The van der Waals surface area contributed by atoms with Gasteiger partial charge in [0.1, 0.15) is 10.7 Å². The minimum Gasteiger partial charge on any atom is -0.339 e. The predicted octanol–water partition coefficient (Wildman–Crippen LogP) is 3.16. The Hall–Kier alpha value is -3.30. The Balaban J connectivity index is 1.43. The number of fused-ring (bicyclic) bond motifs is 2. The molecule has 1 aliphatic rings. The highest BCUT2D eigenvalue weighted by Crippen LogP contribution is 2.30. The highest BCUT2D eigenvalue weighted by atomic mass is 32.2. The molecule has 3 aromatic heterocycles. The summed E-state index contributed by atoms with van der Waals surface area (Å²) in [5, 5.41) is 8.59. The van der Waals surface area contributed by atoms with E-state index in [9.17, 15) is 8.42 Å². The van der Waals surface area contributed by atoms with E-state index in [4.69, 9.17) is 0 Å². The molecule has 8 nitrogen and oxygen atoms in total. The molecule has 158 valence electrons. The molecule has 0 atom stereocenters. The Kier molecular flexibility index (Phi) is 4.71. The third-order valence-electron chi connectivity index (χ3n) is 5.55. The van der Waals surface area contributed by atoms with Crippen molar-refractivity contribution in [2.24, 2.45) is 7.05 Å². The molecule has 0 amide bonds. The molecule has 0 saturated heterocycles. The van der Waals surface area contributed by atoms with Gasteiger partial charge in [-0.1, -0.05) is 18.2 Å². The number of nitrogens with zero attached hydrogens (tertiary/aromatic N) is 5. The monoisotopic (exact) mass is 434 g/mol. The molecule has 31 heavy (non-hydrogen) atoms. The molecule has 0 saturated carbocycles. The molecule has 1 aromatic carbocycles. The lowest BCUT2D eigenvalue weighted by Gasteiger charge is -2.29. The molecule has 1 N–H and O–H groups in total. The first-order valence-corrected chi connectivity index (χ1v) is 11.4. The molecule has 0 unspecified atom stereocenters. The third-order valence-corrected chi connectivity index (χ3v) is 7.50. The van der Waals surface area contributed by atoms with Crippen LogP contribution in [0.1, 0.15) is 16.8 Å². The second-order valence-electron chi connectivity index (χ2n) is 7.68. The fourth-order valence-corrected chi connectivity index (χ4v) is 5.64. The van der Waals surface area contributed by atoms with Gasteiger partial charge in [0, 0.05) is 43.5 Å². The average Bonchev–Trinajstić information content (AvgIpc) is 3.12. The number of hydrogen-bond acceptors (Lipinski definition) is 6. The Morgan fingerprint density at radius 3 is 2.77 bits per heavy atom. The smallest absolute Gasteiger partial charge is 0.246 e. The lowest BCUT2D eigenvalue weighted by Crippen LogP contribution is -2.36. The zero-order valence-electron chi connectivity index (χ0n) is 17.3. The minimum absolute atomic E-state index is 0.257. The second-order valence-corrected chi connectivity index (χ2v) is 9.59. The van der Waals surface area contributed by atoms with Crippen molar-refractivity contribution in [1.82, 2.24) is 24.1 Å². The largest absolute Gasteiger partial charge is 0.339 e. The van der Waals surface area contributed by atoms with Crippen LogP contribution in [-0.2, 0) is 30.0 Å². The van der Waals surface area contributed by atoms with Crippen molar-refractivity contribution >= 4 is 32.4 Å². The lowest BCUT2D eigenvalue weighted by atomic mass is 10.0. The van der Waals surface area contributed by atoms with Gasteiger partial charge in [-0.3, -0.25) is 9.67 Å². The van der Waals surface area contributed by atoms with E-state index in [0.29, 0.717) is 25.2 Å². The molecular formula is C22H22N6O2S. The van der Waals surface area contributed by atoms with E-state index in [0.717, 1.165) is 33.5 Å². The molecule has 0 fully saturated rings. The quantitative estimate of drug-likeness (QED) is 0.530. The summed E-state index contributed by atoms with van der Waals surface area (Å²) in [6, 6.07) is 11.9. The Morgan fingerprint density at radius 2 is 1.97 bits per heavy atom. The molecule has 5 rings (SSSR count). The van der Waals surface area contributed by atoms with Gasteiger partial charge in [-0.2, -0.15) is 9.40 Å². The van der Waals surface area contributed by atoms with Crippen LogP contribution < -0.4 is 5.32 Å². The number of anilines is 2. The van der Waals surface area contributed by atoms with Crippen LogP contribution >= 0.6 is 0 Å². The number of aromatic nitrogens is 4. The number of benzene rings is 1. The number of rotatable bonds is 4. The first kappa shape index (κ1) is 19.7. The highest BCUT2D eigenvalue weighted by molar-refractivity contribution is 7.89. The summed E-state index contributed by atoms with van der Waals surface area (Å²) in [6.45, 7) is 2.41. The van der Waals surface area contributed by atoms with E-state index >= 15 is 0 Å². The van der Waals surface area contributed by atoms with Gasteiger partial charge in [0.15, 0.2) is 0 Å². The van der Waals surface area contributed by atoms with Gasteiger partial charge in [-0.25, -0.2) is 13.4 Å². The number of aryl methyl sites for hydroxylation is 2. The number of pyridine rings is 2. The average molecular weight is 435 g/mol. The van der Waals surface area contributed by atoms with Crippen LogP contribution in [-0.4, -0.2) is 39.0 Å². The van der Waals surface area contributed by atoms with Gasteiger partial charge in [-0.15, -0.1) is 0 Å². The summed E-state index contributed by atoms with van der Waals surface area (Å²) in [7, 11) is -1.89. The van der Waals surface area contributed by atoms with Gasteiger partial charge in [-0.05, 0) is 37.1 Å². The van der Waals surface area contributed by atoms with Gasteiger partial charge in [0.25, 0.3) is 0 Å². The van der Waals surface area contributed by atoms with Crippen LogP contribution in [0.5, 0.6) is 0 Å². The SMILES string of the molecule is Cc1nn(C)cc1S(=O)(=O)N1CCc2c(ccnc2Nc2cnc3ccccc3c2)C1.